The lowest BCUT2D eigenvalue weighted by Crippen LogP contribution is -2.52. The summed E-state index contributed by atoms with van der Waals surface area (Å²) < 4.78 is 12.3. The van der Waals surface area contributed by atoms with E-state index in [4.69, 9.17) is 0 Å². The molecule has 4 unspecified atom stereocenters. The van der Waals surface area contributed by atoms with E-state index in [2.05, 4.69) is 19.9 Å². The molecule has 2 heteroatoms. The Morgan fingerprint density at radius 1 is 1.43 bits per heavy atom. The Morgan fingerprint density at radius 2 is 2.14 bits per heavy atom. The minimum Gasteiger partial charge on any atom is -0.323 e. The summed E-state index contributed by atoms with van der Waals surface area (Å²) in [7, 11) is -1.83. The van der Waals surface area contributed by atoms with Crippen LogP contribution in [0.4, 0.5) is 0 Å². The second-order valence-corrected chi connectivity index (χ2v) is 9.46. The lowest BCUT2D eigenvalue weighted by molar-refractivity contribution is -0.0257. The number of allylic oxidation sites excluding steroid dienone is 2. The van der Waals surface area contributed by atoms with Crippen LogP contribution >= 0.6 is 7.14 Å². The molecule has 4 atom stereocenters. The first-order chi connectivity index (χ1) is 6.43. The summed E-state index contributed by atoms with van der Waals surface area (Å²) in [6.45, 7) is 6.79. The van der Waals surface area contributed by atoms with E-state index in [-0.39, 0.29) is 0 Å². The van der Waals surface area contributed by atoms with Crippen LogP contribution in [-0.2, 0) is 4.57 Å². The normalized spacial score (nSPS) is 53.4. The summed E-state index contributed by atoms with van der Waals surface area (Å²) >= 11 is 0. The molecule has 0 amide bonds. The third-order valence-electron chi connectivity index (χ3n) is 5.11. The fraction of sp³-hybridized carbons (Fsp3) is 0.833. The van der Waals surface area contributed by atoms with Crippen molar-refractivity contribution in [3.8, 4) is 0 Å². The van der Waals surface area contributed by atoms with E-state index in [0.717, 1.165) is 18.0 Å². The van der Waals surface area contributed by atoms with Crippen molar-refractivity contribution in [3.63, 3.8) is 0 Å². The van der Waals surface area contributed by atoms with Gasteiger partial charge in [-0.2, -0.15) is 0 Å². The molecule has 1 nitrogen and oxygen atoms in total. The molecule has 4 aliphatic rings. The molecule has 4 rings (SSSR count). The van der Waals surface area contributed by atoms with Crippen molar-refractivity contribution in [1.29, 1.82) is 0 Å². The summed E-state index contributed by atoms with van der Waals surface area (Å²) in [5.74, 6) is 1.61. The molecule has 0 radical (unpaired) electrons. The number of hydrogen-bond acceptors (Lipinski definition) is 1. The average Bonchev–Trinajstić information content (AvgIpc) is 2.42. The summed E-state index contributed by atoms with van der Waals surface area (Å²) in [6, 6.07) is 0. The molecule has 1 aliphatic heterocycles. The SMILES string of the molecule is CC1(C)C2CC1C1=CCP(C)(=O)C1C2. The Morgan fingerprint density at radius 3 is 2.79 bits per heavy atom. The van der Waals surface area contributed by atoms with Gasteiger partial charge in [0.2, 0.25) is 0 Å². The van der Waals surface area contributed by atoms with Gasteiger partial charge in [-0.1, -0.05) is 25.5 Å². The maximum atomic E-state index is 12.3. The Hall–Kier alpha value is -0.0300. The van der Waals surface area contributed by atoms with E-state index in [0.29, 0.717) is 11.1 Å². The Bertz CT molecular complexity index is 367. The van der Waals surface area contributed by atoms with Crippen molar-refractivity contribution >= 4 is 7.14 Å². The maximum Gasteiger partial charge on any atom is 0.0952 e. The van der Waals surface area contributed by atoms with Gasteiger partial charge >= 0.3 is 0 Å². The third kappa shape index (κ3) is 0.902. The molecule has 0 saturated heterocycles. The molecule has 0 aromatic heterocycles. The van der Waals surface area contributed by atoms with E-state index in [1.165, 1.54) is 12.8 Å². The largest absolute Gasteiger partial charge is 0.323 e. The molecular formula is C12H19OP. The van der Waals surface area contributed by atoms with Gasteiger partial charge in [-0.25, -0.2) is 0 Å². The first-order valence-electron chi connectivity index (χ1n) is 5.69. The van der Waals surface area contributed by atoms with Gasteiger partial charge in [0.05, 0.1) is 7.14 Å². The van der Waals surface area contributed by atoms with Crippen LogP contribution in [-0.4, -0.2) is 18.5 Å². The highest BCUT2D eigenvalue weighted by Gasteiger charge is 2.58. The van der Waals surface area contributed by atoms with Crippen LogP contribution in [0.15, 0.2) is 11.6 Å². The van der Waals surface area contributed by atoms with Crippen LogP contribution in [0.3, 0.4) is 0 Å². The molecule has 0 spiro atoms. The smallest absolute Gasteiger partial charge is 0.0952 e. The predicted octanol–water partition coefficient (Wildman–Crippen LogP) is 3.35. The summed E-state index contributed by atoms with van der Waals surface area (Å²) in [5.41, 5.74) is 2.56. The average molecular weight is 210 g/mol. The van der Waals surface area contributed by atoms with Crippen LogP contribution in [0.5, 0.6) is 0 Å². The highest BCUT2D eigenvalue weighted by atomic mass is 31.2. The summed E-state index contributed by atoms with van der Waals surface area (Å²) in [4.78, 5) is 0. The minimum atomic E-state index is -1.83. The molecule has 3 saturated carbocycles. The zero-order valence-corrected chi connectivity index (χ0v) is 10.2. The highest BCUT2D eigenvalue weighted by Crippen LogP contribution is 2.70. The number of rotatable bonds is 0. The summed E-state index contributed by atoms with van der Waals surface area (Å²) in [5, 5.41) is 0. The Labute approximate surface area is 86.3 Å². The van der Waals surface area contributed by atoms with Crippen molar-refractivity contribution in [3.05, 3.63) is 11.6 Å². The summed E-state index contributed by atoms with van der Waals surface area (Å²) in [6.07, 6.45) is 5.78. The second-order valence-electron chi connectivity index (χ2n) is 6.12. The molecule has 78 valence electrons. The lowest BCUT2D eigenvalue weighted by Gasteiger charge is -2.59. The molecule has 3 fully saturated rings. The fourth-order valence-corrected chi connectivity index (χ4v) is 6.29. The van der Waals surface area contributed by atoms with E-state index in [1.807, 2.05) is 6.66 Å². The topological polar surface area (TPSA) is 17.1 Å². The Balaban J connectivity index is 1.99. The zero-order chi connectivity index (χ0) is 10.1. The van der Waals surface area contributed by atoms with Crippen LogP contribution in [0.1, 0.15) is 26.7 Å². The number of hydrogen-bond donors (Lipinski definition) is 0. The van der Waals surface area contributed by atoms with Gasteiger partial charge in [-0.05, 0) is 36.8 Å². The van der Waals surface area contributed by atoms with Crippen molar-refractivity contribution in [2.45, 2.75) is 32.3 Å². The van der Waals surface area contributed by atoms with Gasteiger partial charge < -0.3 is 4.57 Å². The fourth-order valence-electron chi connectivity index (χ4n) is 3.85. The van der Waals surface area contributed by atoms with E-state index in [1.54, 1.807) is 5.57 Å². The van der Waals surface area contributed by atoms with Gasteiger partial charge in [-0.15, -0.1) is 0 Å². The van der Waals surface area contributed by atoms with Crippen LogP contribution in [0, 0.1) is 17.3 Å². The molecule has 0 N–H and O–H groups in total. The van der Waals surface area contributed by atoms with Gasteiger partial charge in [0.25, 0.3) is 0 Å². The van der Waals surface area contributed by atoms with Crippen LogP contribution < -0.4 is 0 Å². The van der Waals surface area contributed by atoms with Crippen molar-refractivity contribution in [1.82, 2.24) is 0 Å². The van der Waals surface area contributed by atoms with E-state index >= 15 is 0 Å². The molecule has 2 bridgehead atoms. The van der Waals surface area contributed by atoms with E-state index in [9.17, 15) is 4.57 Å². The zero-order valence-electron chi connectivity index (χ0n) is 9.29. The highest BCUT2D eigenvalue weighted by molar-refractivity contribution is 7.64. The van der Waals surface area contributed by atoms with Gasteiger partial charge in [0.15, 0.2) is 0 Å². The second kappa shape index (κ2) is 2.38. The molecule has 1 heterocycles. The minimum absolute atomic E-state index is 0.485. The van der Waals surface area contributed by atoms with Crippen molar-refractivity contribution in [2.24, 2.45) is 17.3 Å². The first-order valence-corrected chi connectivity index (χ1v) is 8.10. The van der Waals surface area contributed by atoms with Crippen molar-refractivity contribution in [2.75, 3.05) is 12.8 Å². The predicted molar refractivity (Wildman–Crippen MR) is 60.3 cm³/mol. The lowest BCUT2D eigenvalue weighted by atomic mass is 9.47. The maximum absolute atomic E-state index is 12.3. The van der Waals surface area contributed by atoms with Gasteiger partial charge in [0.1, 0.15) is 0 Å². The monoisotopic (exact) mass is 210 g/mol. The van der Waals surface area contributed by atoms with Crippen LogP contribution in [0.25, 0.3) is 0 Å². The molecule has 14 heavy (non-hydrogen) atoms. The van der Waals surface area contributed by atoms with Crippen molar-refractivity contribution < 1.29 is 4.57 Å². The molecule has 3 aliphatic carbocycles. The van der Waals surface area contributed by atoms with Crippen LogP contribution in [0.2, 0.25) is 0 Å². The van der Waals surface area contributed by atoms with Gasteiger partial charge in [-0.3, -0.25) is 0 Å². The molecular weight excluding hydrogens is 191 g/mol. The van der Waals surface area contributed by atoms with E-state index < -0.39 is 7.14 Å². The Kier molecular flexibility index (Phi) is 1.56. The first kappa shape index (κ1) is 9.21. The third-order valence-corrected chi connectivity index (χ3v) is 7.85. The molecule has 0 aromatic rings. The van der Waals surface area contributed by atoms with Gasteiger partial charge in [0, 0.05) is 11.8 Å². The molecule has 0 aromatic carbocycles. The quantitative estimate of drug-likeness (QED) is 0.442. The standard InChI is InChI=1S/C12H19OP/c1-12(2)8-6-10(12)9-4-5-14(3,13)11(9)7-8/h4,8,10-11H,5-7H2,1-3H3.